The Labute approximate surface area is 143 Å². The van der Waals surface area contributed by atoms with Gasteiger partial charge < -0.3 is 15.4 Å². The van der Waals surface area contributed by atoms with Crippen LogP contribution in [-0.2, 0) is 9.59 Å². The SMILES string of the molecule is COc1ccc(C)cc1NC(=O)C(=O)Nc1ccc(C)c(Br)c1. The monoisotopic (exact) mass is 376 g/mol. The van der Waals surface area contributed by atoms with Gasteiger partial charge in [0.15, 0.2) is 0 Å². The van der Waals surface area contributed by atoms with Crippen molar-refractivity contribution < 1.29 is 14.3 Å². The second kappa shape index (κ2) is 7.28. The maximum absolute atomic E-state index is 12.1. The Kier molecular flexibility index (Phi) is 5.39. The summed E-state index contributed by atoms with van der Waals surface area (Å²) in [5.41, 5.74) is 2.98. The van der Waals surface area contributed by atoms with Gasteiger partial charge in [0.25, 0.3) is 0 Å². The molecule has 2 aromatic carbocycles. The van der Waals surface area contributed by atoms with Gasteiger partial charge in [0.1, 0.15) is 5.75 Å². The number of rotatable bonds is 3. The van der Waals surface area contributed by atoms with E-state index in [1.807, 2.05) is 26.0 Å². The van der Waals surface area contributed by atoms with Crippen molar-refractivity contribution in [3.8, 4) is 5.75 Å². The van der Waals surface area contributed by atoms with Gasteiger partial charge in [-0.05, 0) is 49.2 Å². The Hall–Kier alpha value is -2.34. The summed E-state index contributed by atoms with van der Waals surface area (Å²) in [6.07, 6.45) is 0. The lowest BCUT2D eigenvalue weighted by Gasteiger charge is -2.11. The molecule has 0 heterocycles. The molecule has 2 rings (SSSR count). The molecule has 0 aliphatic carbocycles. The van der Waals surface area contributed by atoms with Crippen LogP contribution in [0.3, 0.4) is 0 Å². The third kappa shape index (κ3) is 4.32. The van der Waals surface area contributed by atoms with Crippen LogP contribution >= 0.6 is 15.9 Å². The van der Waals surface area contributed by atoms with E-state index in [4.69, 9.17) is 4.74 Å². The molecule has 6 heteroatoms. The van der Waals surface area contributed by atoms with Crippen molar-refractivity contribution in [3.05, 3.63) is 52.0 Å². The second-order valence-electron chi connectivity index (χ2n) is 5.08. The third-order valence-corrected chi connectivity index (χ3v) is 4.09. The zero-order valence-electron chi connectivity index (χ0n) is 13.1. The molecule has 2 amide bonds. The number of anilines is 2. The molecule has 23 heavy (non-hydrogen) atoms. The second-order valence-corrected chi connectivity index (χ2v) is 5.93. The molecule has 0 saturated heterocycles. The number of hydrogen-bond acceptors (Lipinski definition) is 3. The van der Waals surface area contributed by atoms with E-state index in [0.29, 0.717) is 17.1 Å². The lowest BCUT2D eigenvalue weighted by Crippen LogP contribution is -2.29. The van der Waals surface area contributed by atoms with Crippen molar-refractivity contribution in [2.24, 2.45) is 0 Å². The minimum Gasteiger partial charge on any atom is -0.495 e. The topological polar surface area (TPSA) is 67.4 Å². The molecule has 0 fully saturated rings. The molecule has 0 aromatic heterocycles. The van der Waals surface area contributed by atoms with Gasteiger partial charge in [0, 0.05) is 10.2 Å². The van der Waals surface area contributed by atoms with Crippen molar-refractivity contribution in [1.82, 2.24) is 0 Å². The summed E-state index contributed by atoms with van der Waals surface area (Å²) in [5, 5.41) is 5.12. The number of halogens is 1. The Morgan fingerprint density at radius 2 is 1.70 bits per heavy atom. The molecule has 0 aliphatic rings. The number of hydrogen-bond donors (Lipinski definition) is 2. The van der Waals surface area contributed by atoms with Crippen LogP contribution in [0.5, 0.6) is 5.75 Å². The van der Waals surface area contributed by atoms with Crippen LogP contribution in [0, 0.1) is 13.8 Å². The standard InChI is InChI=1S/C17H17BrN2O3/c1-10-4-7-15(23-3)14(8-10)20-17(22)16(21)19-12-6-5-11(2)13(18)9-12/h4-9H,1-3H3,(H,19,21)(H,20,22). The van der Waals surface area contributed by atoms with Gasteiger partial charge in [-0.1, -0.05) is 28.1 Å². The molecule has 120 valence electrons. The molecule has 0 atom stereocenters. The van der Waals surface area contributed by atoms with Crippen LogP contribution in [0.1, 0.15) is 11.1 Å². The van der Waals surface area contributed by atoms with E-state index in [9.17, 15) is 9.59 Å². The summed E-state index contributed by atoms with van der Waals surface area (Å²) >= 11 is 3.39. The zero-order valence-corrected chi connectivity index (χ0v) is 14.7. The van der Waals surface area contributed by atoms with Gasteiger partial charge in [-0.3, -0.25) is 9.59 Å². The normalized spacial score (nSPS) is 10.1. The molecule has 2 aromatic rings. The highest BCUT2D eigenvalue weighted by atomic mass is 79.9. The van der Waals surface area contributed by atoms with E-state index in [1.54, 1.807) is 24.3 Å². The summed E-state index contributed by atoms with van der Waals surface area (Å²) in [4.78, 5) is 24.1. The minimum absolute atomic E-state index is 0.456. The maximum atomic E-state index is 12.1. The largest absolute Gasteiger partial charge is 0.495 e. The highest BCUT2D eigenvalue weighted by molar-refractivity contribution is 9.10. The number of amides is 2. The Morgan fingerprint density at radius 3 is 2.35 bits per heavy atom. The fourth-order valence-corrected chi connectivity index (χ4v) is 2.34. The maximum Gasteiger partial charge on any atom is 0.314 e. The number of aryl methyl sites for hydroxylation is 2. The first kappa shape index (κ1) is 17.0. The van der Waals surface area contributed by atoms with Crippen molar-refractivity contribution in [2.45, 2.75) is 13.8 Å². The van der Waals surface area contributed by atoms with E-state index < -0.39 is 11.8 Å². The fraction of sp³-hybridized carbons (Fsp3) is 0.176. The van der Waals surface area contributed by atoms with Gasteiger partial charge in [0.05, 0.1) is 12.8 Å². The minimum atomic E-state index is -0.759. The quantitative estimate of drug-likeness (QED) is 0.803. The lowest BCUT2D eigenvalue weighted by atomic mass is 10.2. The van der Waals surface area contributed by atoms with Crippen molar-refractivity contribution in [3.63, 3.8) is 0 Å². The van der Waals surface area contributed by atoms with Gasteiger partial charge in [-0.2, -0.15) is 0 Å². The average Bonchev–Trinajstić information content (AvgIpc) is 2.51. The van der Waals surface area contributed by atoms with Gasteiger partial charge in [-0.25, -0.2) is 0 Å². The summed E-state index contributed by atoms with van der Waals surface area (Å²) in [7, 11) is 1.50. The van der Waals surface area contributed by atoms with Gasteiger partial charge in [0.2, 0.25) is 0 Å². The Balaban J connectivity index is 2.10. The van der Waals surface area contributed by atoms with E-state index in [0.717, 1.165) is 15.6 Å². The van der Waals surface area contributed by atoms with Crippen LogP contribution in [0.25, 0.3) is 0 Å². The number of benzene rings is 2. The molecule has 2 N–H and O–H groups in total. The van der Waals surface area contributed by atoms with Gasteiger partial charge >= 0.3 is 11.8 Å². The summed E-state index contributed by atoms with van der Waals surface area (Å²) < 4.78 is 6.03. The molecule has 0 unspecified atom stereocenters. The van der Waals surface area contributed by atoms with Crippen molar-refractivity contribution >= 4 is 39.1 Å². The number of methoxy groups -OCH3 is 1. The van der Waals surface area contributed by atoms with E-state index in [2.05, 4.69) is 26.6 Å². The number of carbonyl (C=O) groups is 2. The highest BCUT2D eigenvalue weighted by Crippen LogP contribution is 2.25. The van der Waals surface area contributed by atoms with Crippen molar-refractivity contribution in [2.75, 3.05) is 17.7 Å². The summed E-state index contributed by atoms with van der Waals surface area (Å²) in [6.45, 7) is 3.82. The predicted molar refractivity (Wildman–Crippen MR) is 93.9 cm³/mol. The zero-order chi connectivity index (χ0) is 17.0. The van der Waals surface area contributed by atoms with Crippen LogP contribution in [0.2, 0.25) is 0 Å². The van der Waals surface area contributed by atoms with Crippen LogP contribution in [0.4, 0.5) is 11.4 Å². The average molecular weight is 377 g/mol. The first-order chi connectivity index (χ1) is 10.9. The number of carbonyl (C=O) groups excluding carboxylic acids is 2. The Morgan fingerprint density at radius 1 is 1.00 bits per heavy atom. The summed E-state index contributed by atoms with van der Waals surface area (Å²) in [5.74, 6) is -1.01. The highest BCUT2D eigenvalue weighted by Gasteiger charge is 2.16. The molecule has 0 spiro atoms. The molecule has 5 nitrogen and oxygen atoms in total. The van der Waals surface area contributed by atoms with E-state index >= 15 is 0 Å². The summed E-state index contributed by atoms with van der Waals surface area (Å²) in [6, 6.07) is 10.7. The third-order valence-electron chi connectivity index (χ3n) is 3.24. The molecular weight excluding hydrogens is 360 g/mol. The number of ether oxygens (including phenoxy) is 1. The van der Waals surface area contributed by atoms with Crippen LogP contribution in [0.15, 0.2) is 40.9 Å². The molecule has 0 bridgehead atoms. The fourth-order valence-electron chi connectivity index (χ4n) is 1.96. The van der Waals surface area contributed by atoms with E-state index in [-0.39, 0.29) is 0 Å². The van der Waals surface area contributed by atoms with E-state index in [1.165, 1.54) is 7.11 Å². The first-order valence-corrected chi connectivity index (χ1v) is 7.73. The predicted octanol–water partition coefficient (Wildman–Crippen LogP) is 3.65. The Bertz CT molecular complexity index is 759. The van der Waals surface area contributed by atoms with Gasteiger partial charge in [-0.15, -0.1) is 0 Å². The molecule has 0 saturated carbocycles. The smallest absolute Gasteiger partial charge is 0.314 e. The number of nitrogens with one attached hydrogen (secondary N) is 2. The lowest BCUT2D eigenvalue weighted by molar-refractivity contribution is -0.133. The first-order valence-electron chi connectivity index (χ1n) is 6.94. The molecule has 0 radical (unpaired) electrons. The van der Waals surface area contributed by atoms with Crippen LogP contribution < -0.4 is 15.4 Å². The van der Waals surface area contributed by atoms with Crippen molar-refractivity contribution in [1.29, 1.82) is 0 Å². The molecule has 0 aliphatic heterocycles. The molecular formula is C17H17BrN2O3. The van der Waals surface area contributed by atoms with Crippen LogP contribution in [-0.4, -0.2) is 18.9 Å².